The molecule has 4 N–H and O–H groups in total. The highest BCUT2D eigenvalue weighted by molar-refractivity contribution is 9.10. The number of phenols is 1. The van der Waals surface area contributed by atoms with Gasteiger partial charge in [0, 0.05) is 5.56 Å². The number of rotatable bonds is 2. The van der Waals surface area contributed by atoms with Crippen LogP contribution in [0.5, 0.6) is 5.75 Å². The van der Waals surface area contributed by atoms with Gasteiger partial charge in [-0.15, -0.1) is 0 Å². The Kier molecular flexibility index (Phi) is 3.08. The van der Waals surface area contributed by atoms with Crippen LogP contribution in [0.4, 0.5) is 0 Å². The van der Waals surface area contributed by atoms with Gasteiger partial charge in [-0.25, -0.2) is 0 Å². The fourth-order valence-corrected chi connectivity index (χ4v) is 1.31. The number of aromatic hydroxyl groups is 1. The van der Waals surface area contributed by atoms with Gasteiger partial charge in [-0.3, -0.25) is 0 Å². The Labute approximate surface area is 79.0 Å². The second-order valence-corrected chi connectivity index (χ2v) is 3.32. The minimum atomic E-state index is -0.525. The minimum Gasteiger partial charge on any atom is -0.506 e. The van der Waals surface area contributed by atoms with Crippen molar-refractivity contribution >= 4 is 15.9 Å². The largest absolute Gasteiger partial charge is 0.506 e. The first-order valence-corrected chi connectivity index (χ1v) is 4.30. The average Bonchev–Trinajstić information content (AvgIpc) is 2.08. The monoisotopic (exact) mass is 231 g/mol. The molecule has 0 saturated heterocycles. The lowest BCUT2D eigenvalue weighted by Crippen LogP contribution is -2.14. The van der Waals surface area contributed by atoms with Gasteiger partial charge in [0.15, 0.2) is 0 Å². The predicted octanol–water partition coefficient (Wildman–Crippen LogP) is 1.15. The zero-order valence-corrected chi connectivity index (χ0v) is 7.95. The van der Waals surface area contributed by atoms with Gasteiger partial charge < -0.3 is 15.9 Å². The summed E-state index contributed by atoms with van der Waals surface area (Å²) in [5.74, 6) is 0.0963. The molecule has 1 atom stereocenters. The SMILES string of the molecule is N[C@H](CO)c1cccc(Br)c1O. The predicted molar refractivity (Wildman–Crippen MR) is 49.8 cm³/mol. The van der Waals surface area contributed by atoms with Crippen LogP contribution in [-0.2, 0) is 0 Å². The van der Waals surface area contributed by atoms with E-state index < -0.39 is 6.04 Å². The van der Waals surface area contributed by atoms with Crippen LogP contribution in [0.2, 0.25) is 0 Å². The van der Waals surface area contributed by atoms with E-state index in [0.29, 0.717) is 10.0 Å². The first kappa shape index (κ1) is 9.51. The molecule has 1 aromatic carbocycles. The molecule has 3 nitrogen and oxygen atoms in total. The summed E-state index contributed by atoms with van der Waals surface area (Å²) in [6.45, 7) is -0.177. The maximum atomic E-state index is 9.46. The van der Waals surface area contributed by atoms with Crippen molar-refractivity contribution in [1.29, 1.82) is 0 Å². The molecule has 66 valence electrons. The summed E-state index contributed by atoms with van der Waals surface area (Å²) < 4.78 is 0.587. The van der Waals surface area contributed by atoms with Crippen molar-refractivity contribution < 1.29 is 10.2 Å². The number of hydrogen-bond acceptors (Lipinski definition) is 3. The molecule has 0 amide bonds. The fourth-order valence-electron chi connectivity index (χ4n) is 0.930. The molecule has 0 unspecified atom stereocenters. The van der Waals surface area contributed by atoms with Gasteiger partial charge in [0.25, 0.3) is 0 Å². The van der Waals surface area contributed by atoms with E-state index in [4.69, 9.17) is 10.8 Å². The van der Waals surface area contributed by atoms with Crippen LogP contribution >= 0.6 is 15.9 Å². The summed E-state index contributed by atoms with van der Waals surface area (Å²) in [7, 11) is 0. The number of para-hydroxylation sites is 1. The Morgan fingerprint density at radius 2 is 2.17 bits per heavy atom. The van der Waals surface area contributed by atoms with E-state index in [1.807, 2.05) is 0 Å². The summed E-state index contributed by atoms with van der Waals surface area (Å²) >= 11 is 3.16. The molecule has 0 aliphatic carbocycles. The van der Waals surface area contributed by atoms with Crippen molar-refractivity contribution in [1.82, 2.24) is 0 Å². The molecule has 12 heavy (non-hydrogen) atoms. The van der Waals surface area contributed by atoms with Crippen LogP contribution in [0, 0.1) is 0 Å². The minimum absolute atomic E-state index is 0.0963. The van der Waals surface area contributed by atoms with E-state index >= 15 is 0 Å². The number of benzene rings is 1. The highest BCUT2D eigenvalue weighted by Gasteiger charge is 2.10. The second-order valence-electron chi connectivity index (χ2n) is 2.47. The topological polar surface area (TPSA) is 66.5 Å². The Balaban J connectivity index is 3.07. The van der Waals surface area contributed by atoms with Crippen molar-refractivity contribution in [2.45, 2.75) is 6.04 Å². The summed E-state index contributed by atoms with van der Waals surface area (Å²) in [6, 6.07) is 4.63. The quantitative estimate of drug-likeness (QED) is 0.716. The maximum Gasteiger partial charge on any atom is 0.134 e. The highest BCUT2D eigenvalue weighted by Crippen LogP contribution is 2.30. The standard InChI is InChI=1S/C8H10BrNO2/c9-6-3-1-2-5(8(6)12)7(10)4-11/h1-3,7,11-12H,4,10H2/t7-/m1/s1. The molecule has 0 aromatic heterocycles. The number of aliphatic hydroxyl groups excluding tert-OH is 1. The van der Waals surface area contributed by atoms with E-state index in [1.165, 1.54) is 0 Å². The van der Waals surface area contributed by atoms with Crippen molar-refractivity contribution in [3.63, 3.8) is 0 Å². The van der Waals surface area contributed by atoms with Gasteiger partial charge in [0.2, 0.25) is 0 Å². The zero-order chi connectivity index (χ0) is 9.14. The molecule has 0 fully saturated rings. The molecular weight excluding hydrogens is 222 g/mol. The lowest BCUT2D eigenvalue weighted by molar-refractivity contribution is 0.265. The Hall–Kier alpha value is -0.580. The number of aliphatic hydroxyl groups is 1. The Bertz CT molecular complexity index is 278. The second kappa shape index (κ2) is 3.89. The molecule has 1 rings (SSSR count). The van der Waals surface area contributed by atoms with Gasteiger partial charge in [0.05, 0.1) is 17.1 Å². The van der Waals surface area contributed by atoms with Crippen molar-refractivity contribution in [2.75, 3.05) is 6.61 Å². The van der Waals surface area contributed by atoms with E-state index in [-0.39, 0.29) is 12.4 Å². The van der Waals surface area contributed by atoms with Gasteiger partial charge in [0.1, 0.15) is 5.75 Å². The van der Waals surface area contributed by atoms with Crippen molar-refractivity contribution in [2.24, 2.45) is 5.73 Å². The van der Waals surface area contributed by atoms with Crippen LogP contribution in [0.15, 0.2) is 22.7 Å². The third kappa shape index (κ3) is 1.77. The Morgan fingerprint density at radius 1 is 1.50 bits per heavy atom. The van der Waals surface area contributed by atoms with Crippen molar-refractivity contribution in [3.05, 3.63) is 28.2 Å². The lowest BCUT2D eigenvalue weighted by Gasteiger charge is -2.10. The molecule has 0 saturated carbocycles. The first-order valence-electron chi connectivity index (χ1n) is 3.50. The molecule has 0 heterocycles. The van der Waals surface area contributed by atoms with Crippen LogP contribution in [0.25, 0.3) is 0 Å². The lowest BCUT2D eigenvalue weighted by atomic mass is 10.1. The van der Waals surface area contributed by atoms with Crippen LogP contribution in [-0.4, -0.2) is 16.8 Å². The van der Waals surface area contributed by atoms with Gasteiger partial charge in [-0.1, -0.05) is 12.1 Å². The molecule has 1 aromatic rings. The first-order chi connectivity index (χ1) is 5.66. The molecule has 4 heteroatoms. The third-order valence-corrected chi connectivity index (χ3v) is 2.25. The molecular formula is C8H10BrNO2. The number of nitrogens with two attached hydrogens (primary N) is 1. The molecule has 0 bridgehead atoms. The molecule has 0 aliphatic heterocycles. The summed E-state index contributed by atoms with van der Waals surface area (Å²) in [4.78, 5) is 0. The summed E-state index contributed by atoms with van der Waals surface area (Å²) in [5, 5.41) is 18.2. The molecule has 0 radical (unpaired) electrons. The van der Waals surface area contributed by atoms with E-state index in [9.17, 15) is 5.11 Å². The van der Waals surface area contributed by atoms with Gasteiger partial charge >= 0.3 is 0 Å². The Morgan fingerprint density at radius 3 is 2.75 bits per heavy atom. The molecule has 0 spiro atoms. The third-order valence-electron chi connectivity index (χ3n) is 1.61. The summed E-state index contributed by atoms with van der Waals surface area (Å²) in [6.07, 6.45) is 0. The fraction of sp³-hybridized carbons (Fsp3) is 0.250. The summed E-state index contributed by atoms with van der Waals surface area (Å²) in [5.41, 5.74) is 6.08. The number of halogens is 1. The van der Waals surface area contributed by atoms with Crippen molar-refractivity contribution in [3.8, 4) is 5.75 Å². The zero-order valence-electron chi connectivity index (χ0n) is 6.37. The van der Waals surface area contributed by atoms with Crippen LogP contribution in [0.3, 0.4) is 0 Å². The van der Waals surface area contributed by atoms with Crippen LogP contribution < -0.4 is 5.73 Å². The van der Waals surface area contributed by atoms with E-state index in [2.05, 4.69) is 15.9 Å². The maximum absolute atomic E-state index is 9.46. The highest BCUT2D eigenvalue weighted by atomic mass is 79.9. The van der Waals surface area contributed by atoms with E-state index in [0.717, 1.165) is 0 Å². The normalized spacial score (nSPS) is 12.9. The molecule has 0 aliphatic rings. The van der Waals surface area contributed by atoms with Gasteiger partial charge in [-0.2, -0.15) is 0 Å². The van der Waals surface area contributed by atoms with E-state index in [1.54, 1.807) is 18.2 Å². The van der Waals surface area contributed by atoms with Gasteiger partial charge in [-0.05, 0) is 22.0 Å². The average molecular weight is 232 g/mol. The number of phenolic OH excluding ortho intramolecular Hbond substituents is 1. The smallest absolute Gasteiger partial charge is 0.134 e. The van der Waals surface area contributed by atoms with Crippen LogP contribution in [0.1, 0.15) is 11.6 Å². The number of hydrogen-bond donors (Lipinski definition) is 3.